The first-order chi connectivity index (χ1) is 10.2. The van der Waals surface area contributed by atoms with Crippen LogP contribution in [0.3, 0.4) is 0 Å². The summed E-state index contributed by atoms with van der Waals surface area (Å²) in [7, 11) is 0. The van der Waals surface area contributed by atoms with Crippen LogP contribution in [0.1, 0.15) is 18.6 Å². The summed E-state index contributed by atoms with van der Waals surface area (Å²) in [4.78, 5) is 0. The van der Waals surface area contributed by atoms with Crippen molar-refractivity contribution < 1.29 is 9.15 Å². The predicted octanol–water partition coefficient (Wildman–Crippen LogP) is 4.52. The summed E-state index contributed by atoms with van der Waals surface area (Å²) in [5.74, 6) is 1.64. The molecule has 2 aromatic rings. The highest BCUT2D eigenvalue weighted by Crippen LogP contribution is 2.31. The number of benzene rings is 1. The Bertz CT molecular complexity index is 606. The molecule has 0 amide bonds. The Morgan fingerprint density at radius 2 is 2.10 bits per heavy atom. The van der Waals surface area contributed by atoms with Crippen molar-refractivity contribution in [3.63, 3.8) is 0 Å². The van der Waals surface area contributed by atoms with E-state index in [2.05, 4.69) is 5.32 Å². The second-order valence-corrected chi connectivity index (χ2v) is 6.00. The monoisotopic (exact) mass is 325 g/mol. The van der Waals surface area contributed by atoms with Crippen molar-refractivity contribution in [3.05, 3.63) is 46.1 Å². The van der Waals surface area contributed by atoms with Crippen molar-refractivity contribution >= 4 is 23.2 Å². The first-order valence-electron chi connectivity index (χ1n) is 7.09. The van der Waals surface area contributed by atoms with E-state index in [9.17, 15) is 0 Å². The zero-order chi connectivity index (χ0) is 14.7. The van der Waals surface area contributed by atoms with Crippen LogP contribution in [-0.4, -0.2) is 19.3 Å². The second kappa shape index (κ2) is 6.84. The number of hydrogen-bond donors (Lipinski definition) is 1. The van der Waals surface area contributed by atoms with E-state index in [0.29, 0.717) is 22.7 Å². The molecule has 3 rings (SSSR count). The van der Waals surface area contributed by atoms with Gasteiger partial charge in [0.05, 0.1) is 17.7 Å². The van der Waals surface area contributed by atoms with Gasteiger partial charge < -0.3 is 14.5 Å². The van der Waals surface area contributed by atoms with E-state index in [1.807, 2.05) is 18.2 Å². The highest BCUT2D eigenvalue weighted by molar-refractivity contribution is 6.36. The third-order valence-corrected chi connectivity index (χ3v) is 4.10. The van der Waals surface area contributed by atoms with Crippen molar-refractivity contribution in [1.29, 1.82) is 0 Å². The van der Waals surface area contributed by atoms with E-state index in [1.165, 1.54) is 0 Å². The average molecular weight is 326 g/mol. The molecule has 1 aromatic heterocycles. The largest absolute Gasteiger partial charge is 0.460 e. The average Bonchev–Trinajstić information content (AvgIpc) is 3.10. The van der Waals surface area contributed by atoms with Crippen molar-refractivity contribution in [2.75, 3.05) is 13.2 Å². The lowest BCUT2D eigenvalue weighted by atomic mass is 10.2. The first-order valence-corrected chi connectivity index (χ1v) is 7.84. The Balaban J connectivity index is 1.60. The van der Waals surface area contributed by atoms with Crippen molar-refractivity contribution in [1.82, 2.24) is 5.32 Å². The summed E-state index contributed by atoms with van der Waals surface area (Å²) in [5.41, 5.74) is 0.853. The van der Waals surface area contributed by atoms with Gasteiger partial charge in [-0.1, -0.05) is 23.2 Å². The van der Waals surface area contributed by atoms with Gasteiger partial charge >= 0.3 is 0 Å². The molecule has 1 aliphatic rings. The highest BCUT2D eigenvalue weighted by Gasteiger charge is 2.15. The molecule has 0 spiro atoms. The lowest BCUT2D eigenvalue weighted by molar-refractivity contribution is 0.109. The predicted molar refractivity (Wildman–Crippen MR) is 84.8 cm³/mol. The van der Waals surface area contributed by atoms with Crippen LogP contribution in [0.15, 0.2) is 34.7 Å². The fourth-order valence-electron chi connectivity index (χ4n) is 2.47. The van der Waals surface area contributed by atoms with E-state index < -0.39 is 0 Å². The van der Waals surface area contributed by atoms with Crippen molar-refractivity contribution in [3.8, 4) is 11.3 Å². The molecule has 1 atom stereocenters. The maximum absolute atomic E-state index is 6.19. The Morgan fingerprint density at radius 3 is 2.86 bits per heavy atom. The van der Waals surface area contributed by atoms with Crippen molar-refractivity contribution in [2.24, 2.45) is 0 Å². The fraction of sp³-hybridized carbons (Fsp3) is 0.375. The Kier molecular flexibility index (Phi) is 4.86. The lowest BCUT2D eigenvalue weighted by Gasteiger charge is -2.09. The molecule has 1 aromatic carbocycles. The van der Waals surface area contributed by atoms with Gasteiger partial charge in [-0.25, -0.2) is 0 Å². The van der Waals surface area contributed by atoms with E-state index in [-0.39, 0.29) is 0 Å². The van der Waals surface area contributed by atoms with Gasteiger partial charge in [-0.3, -0.25) is 0 Å². The third-order valence-electron chi connectivity index (χ3n) is 3.55. The SMILES string of the molecule is Clc1ccc(-c2ccc(CNCC3CCCO3)o2)c(Cl)c1. The van der Waals surface area contributed by atoms with E-state index in [0.717, 1.165) is 43.1 Å². The molecule has 1 unspecified atom stereocenters. The Morgan fingerprint density at radius 1 is 1.19 bits per heavy atom. The standard InChI is InChI=1S/C16H17Cl2NO2/c17-11-3-5-14(15(18)8-11)16-6-4-13(21-16)10-19-9-12-2-1-7-20-12/h3-6,8,12,19H,1-2,7,9-10H2. The minimum atomic E-state index is 0.338. The lowest BCUT2D eigenvalue weighted by Crippen LogP contribution is -2.25. The topological polar surface area (TPSA) is 34.4 Å². The molecule has 5 heteroatoms. The Hall–Kier alpha value is -1.00. The molecule has 1 N–H and O–H groups in total. The minimum Gasteiger partial charge on any atom is -0.460 e. The Labute approximate surface area is 134 Å². The van der Waals surface area contributed by atoms with Crippen LogP contribution in [0.2, 0.25) is 10.0 Å². The first kappa shape index (κ1) is 14.9. The van der Waals surface area contributed by atoms with Gasteiger partial charge in [-0.2, -0.15) is 0 Å². The van der Waals surface area contributed by atoms with Crippen LogP contribution >= 0.6 is 23.2 Å². The zero-order valence-corrected chi connectivity index (χ0v) is 13.1. The summed E-state index contributed by atoms with van der Waals surface area (Å²) < 4.78 is 11.4. The van der Waals surface area contributed by atoms with Crippen LogP contribution in [0, 0.1) is 0 Å². The quantitative estimate of drug-likeness (QED) is 0.877. The van der Waals surface area contributed by atoms with E-state index in [4.69, 9.17) is 32.4 Å². The minimum absolute atomic E-state index is 0.338. The molecule has 0 radical (unpaired) electrons. The van der Waals surface area contributed by atoms with Gasteiger partial charge in [-0.05, 0) is 43.2 Å². The second-order valence-electron chi connectivity index (χ2n) is 5.16. The summed E-state index contributed by atoms with van der Waals surface area (Å²) in [5, 5.41) is 4.57. The summed E-state index contributed by atoms with van der Waals surface area (Å²) in [6, 6.07) is 9.28. The van der Waals surface area contributed by atoms with Gasteiger partial charge in [0.15, 0.2) is 0 Å². The molecule has 1 aliphatic heterocycles. The summed E-state index contributed by atoms with van der Waals surface area (Å²) in [6.45, 7) is 2.43. The third kappa shape index (κ3) is 3.80. The molecule has 0 bridgehead atoms. The number of halogens is 2. The van der Waals surface area contributed by atoms with Gasteiger partial charge in [0.25, 0.3) is 0 Å². The van der Waals surface area contributed by atoms with E-state index in [1.54, 1.807) is 12.1 Å². The smallest absolute Gasteiger partial charge is 0.135 e. The molecule has 1 fully saturated rings. The van der Waals surface area contributed by atoms with Gasteiger partial charge in [0.2, 0.25) is 0 Å². The molecule has 21 heavy (non-hydrogen) atoms. The van der Waals surface area contributed by atoms with Gasteiger partial charge in [0, 0.05) is 23.7 Å². The molecule has 0 aliphatic carbocycles. The van der Waals surface area contributed by atoms with E-state index >= 15 is 0 Å². The molecular formula is C16H17Cl2NO2. The molecule has 0 saturated carbocycles. The fourth-order valence-corrected chi connectivity index (χ4v) is 2.97. The maximum atomic E-state index is 6.19. The summed E-state index contributed by atoms with van der Waals surface area (Å²) >= 11 is 12.1. The molecule has 3 nitrogen and oxygen atoms in total. The molecule has 112 valence electrons. The number of furan rings is 1. The van der Waals surface area contributed by atoms with Crippen LogP contribution in [-0.2, 0) is 11.3 Å². The van der Waals surface area contributed by atoms with Crippen LogP contribution in [0.4, 0.5) is 0 Å². The molecule has 2 heterocycles. The normalized spacial score (nSPS) is 18.3. The number of nitrogens with one attached hydrogen (secondary N) is 1. The van der Waals surface area contributed by atoms with Crippen molar-refractivity contribution in [2.45, 2.75) is 25.5 Å². The van der Waals surface area contributed by atoms with Crippen LogP contribution < -0.4 is 5.32 Å². The molecular weight excluding hydrogens is 309 g/mol. The number of hydrogen-bond acceptors (Lipinski definition) is 3. The molecule has 1 saturated heterocycles. The van der Waals surface area contributed by atoms with Crippen LogP contribution in [0.5, 0.6) is 0 Å². The number of ether oxygens (including phenoxy) is 1. The van der Waals surface area contributed by atoms with Crippen LogP contribution in [0.25, 0.3) is 11.3 Å². The number of rotatable bonds is 5. The summed E-state index contributed by atoms with van der Waals surface area (Å²) in [6.07, 6.45) is 2.63. The van der Waals surface area contributed by atoms with Gasteiger partial charge in [0.1, 0.15) is 11.5 Å². The zero-order valence-electron chi connectivity index (χ0n) is 11.6. The highest BCUT2D eigenvalue weighted by atomic mass is 35.5. The van der Waals surface area contributed by atoms with Gasteiger partial charge in [-0.15, -0.1) is 0 Å². The maximum Gasteiger partial charge on any atom is 0.135 e.